The molecule has 0 saturated heterocycles. The van der Waals surface area contributed by atoms with E-state index in [4.69, 9.17) is 10.8 Å². The van der Waals surface area contributed by atoms with Crippen molar-refractivity contribution in [3.63, 3.8) is 0 Å². The molecule has 3 N–H and O–H groups in total. The predicted octanol–water partition coefficient (Wildman–Crippen LogP) is 2.64. The predicted molar refractivity (Wildman–Crippen MR) is 61.9 cm³/mol. The molecule has 0 aromatic carbocycles. The van der Waals surface area contributed by atoms with Gasteiger partial charge in [0.15, 0.2) is 0 Å². The maximum absolute atomic E-state index is 10.6. The van der Waals surface area contributed by atoms with Gasteiger partial charge in [0.2, 0.25) is 0 Å². The number of carboxylic acids is 1. The molecule has 84 valence electrons. The molecule has 0 spiro atoms. The van der Waals surface area contributed by atoms with Crippen LogP contribution >= 0.6 is 11.3 Å². The first-order valence-corrected chi connectivity index (χ1v) is 5.79. The summed E-state index contributed by atoms with van der Waals surface area (Å²) in [6, 6.07) is 3.90. The lowest BCUT2D eigenvalue weighted by atomic mass is 9.82. The van der Waals surface area contributed by atoms with E-state index in [1.165, 1.54) is 0 Å². The fraction of sp³-hybridized carbons (Fsp3) is 0.545. The third-order valence-corrected chi connectivity index (χ3v) is 3.32. The van der Waals surface area contributed by atoms with Gasteiger partial charge in [-0.3, -0.25) is 4.79 Å². The largest absolute Gasteiger partial charge is 0.481 e. The van der Waals surface area contributed by atoms with Crippen LogP contribution in [0.3, 0.4) is 0 Å². The molecule has 0 aliphatic heterocycles. The summed E-state index contributed by atoms with van der Waals surface area (Å²) in [4.78, 5) is 11.8. The Bertz CT molecular complexity index is 319. The van der Waals surface area contributed by atoms with E-state index in [1.807, 2.05) is 31.4 Å². The molecule has 0 saturated carbocycles. The molecular weight excluding hydrogens is 210 g/mol. The topological polar surface area (TPSA) is 63.3 Å². The van der Waals surface area contributed by atoms with Crippen LogP contribution in [0.15, 0.2) is 17.5 Å². The first-order chi connectivity index (χ1) is 6.91. The van der Waals surface area contributed by atoms with E-state index in [2.05, 4.69) is 0 Å². The fourth-order valence-electron chi connectivity index (χ4n) is 1.68. The first kappa shape index (κ1) is 12.2. The average molecular weight is 227 g/mol. The minimum absolute atomic E-state index is 0.0562. The molecule has 1 aromatic rings. The summed E-state index contributed by atoms with van der Waals surface area (Å²) in [5, 5.41) is 10.7. The van der Waals surface area contributed by atoms with Crippen LogP contribution in [0.5, 0.6) is 0 Å². The quantitative estimate of drug-likeness (QED) is 0.812. The maximum Gasteiger partial charge on any atom is 0.303 e. The zero-order valence-electron chi connectivity index (χ0n) is 9.06. The van der Waals surface area contributed by atoms with Crippen molar-refractivity contribution >= 4 is 17.3 Å². The van der Waals surface area contributed by atoms with Gasteiger partial charge in [0.1, 0.15) is 0 Å². The number of hydrogen-bond acceptors (Lipinski definition) is 3. The highest BCUT2D eigenvalue weighted by atomic mass is 32.1. The van der Waals surface area contributed by atoms with Gasteiger partial charge in [0.05, 0.1) is 6.42 Å². The molecule has 1 rings (SSSR count). The summed E-state index contributed by atoms with van der Waals surface area (Å²) in [5.74, 6) is -0.765. The highest BCUT2D eigenvalue weighted by Gasteiger charge is 2.25. The van der Waals surface area contributed by atoms with Crippen LogP contribution in [0.4, 0.5) is 0 Å². The molecule has 1 atom stereocenters. The number of aliphatic carboxylic acids is 1. The lowest BCUT2D eigenvalue weighted by Crippen LogP contribution is -2.23. The molecule has 0 aliphatic rings. The second-order valence-electron chi connectivity index (χ2n) is 4.56. The molecule has 1 aromatic heterocycles. The molecule has 4 heteroatoms. The van der Waals surface area contributed by atoms with E-state index in [-0.39, 0.29) is 17.9 Å². The molecule has 0 aliphatic carbocycles. The highest BCUT2D eigenvalue weighted by molar-refractivity contribution is 7.10. The third kappa shape index (κ3) is 4.01. The Morgan fingerprint density at radius 2 is 2.33 bits per heavy atom. The molecule has 0 radical (unpaired) electrons. The molecule has 0 fully saturated rings. The van der Waals surface area contributed by atoms with Gasteiger partial charge in [-0.15, -0.1) is 11.3 Å². The van der Waals surface area contributed by atoms with Crippen LogP contribution in [0.1, 0.15) is 37.6 Å². The molecule has 0 amide bonds. The van der Waals surface area contributed by atoms with E-state index in [9.17, 15) is 4.79 Å². The summed E-state index contributed by atoms with van der Waals surface area (Å²) >= 11 is 1.62. The van der Waals surface area contributed by atoms with E-state index < -0.39 is 5.97 Å². The monoisotopic (exact) mass is 227 g/mol. The van der Waals surface area contributed by atoms with Crippen LogP contribution in [-0.4, -0.2) is 11.1 Å². The van der Waals surface area contributed by atoms with Crippen LogP contribution in [0, 0.1) is 5.41 Å². The number of nitrogens with two attached hydrogens (primary N) is 1. The molecule has 1 heterocycles. The van der Waals surface area contributed by atoms with Crippen LogP contribution < -0.4 is 5.73 Å². The standard InChI is InChI=1S/C11H17NO2S/c1-11(2,7-10(13)14)6-8(12)9-4-3-5-15-9/h3-5,8H,6-7,12H2,1-2H3,(H,13,14). The highest BCUT2D eigenvalue weighted by Crippen LogP contribution is 2.32. The minimum Gasteiger partial charge on any atom is -0.481 e. The molecule has 0 bridgehead atoms. The van der Waals surface area contributed by atoms with Crippen LogP contribution in [0.25, 0.3) is 0 Å². The molecular formula is C11H17NO2S. The summed E-state index contributed by atoms with van der Waals surface area (Å²) in [5.41, 5.74) is 5.76. The van der Waals surface area contributed by atoms with Crippen molar-refractivity contribution in [2.75, 3.05) is 0 Å². The summed E-state index contributed by atoms with van der Waals surface area (Å²) in [6.07, 6.45) is 0.853. The lowest BCUT2D eigenvalue weighted by Gasteiger charge is -2.25. The Kier molecular flexibility index (Phi) is 3.88. The SMILES string of the molecule is CC(C)(CC(=O)O)CC(N)c1cccs1. The minimum atomic E-state index is -0.765. The zero-order valence-corrected chi connectivity index (χ0v) is 9.88. The van der Waals surface area contributed by atoms with E-state index >= 15 is 0 Å². The second-order valence-corrected chi connectivity index (χ2v) is 5.54. The van der Waals surface area contributed by atoms with Crippen molar-refractivity contribution < 1.29 is 9.90 Å². The second kappa shape index (κ2) is 4.77. The van der Waals surface area contributed by atoms with Crippen molar-refractivity contribution in [3.05, 3.63) is 22.4 Å². The number of carbonyl (C=O) groups is 1. The smallest absolute Gasteiger partial charge is 0.303 e. The van der Waals surface area contributed by atoms with Crippen molar-refractivity contribution in [3.8, 4) is 0 Å². The molecule has 3 nitrogen and oxygen atoms in total. The Morgan fingerprint density at radius 3 is 2.80 bits per heavy atom. The summed E-state index contributed by atoms with van der Waals surface area (Å²) in [6.45, 7) is 3.88. The Balaban J connectivity index is 2.57. The van der Waals surface area contributed by atoms with Gasteiger partial charge in [-0.25, -0.2) is 0 Å². The Hall–Kier alpha value is -0.870. The van der Waals surface area contributed by atoms with Crippen molar-refractivity contribution in [1.82, 2.24) is 0 Å². The molecule has 1 unspecified atom stereocenters. The van der Waals surface area contributed by atoms with Gasteiger partial charge < -0.3 is 10.8 Å². The van der Waals surface area contributed by atoms with Gasteiger partial charge >= 0.3 is 5.97 Å². The van der Waals surface area contributed by atoms with Gasteiger partial charge in [-0.2, -0.15) is 0 Å². The normalized spacial score (nSPS) is 13.8. The fourth-order valence-corrected chi connectivity index (χ4v) is 2.41. The van der Waals surface area contributed by atoms with Gasteiger partial charge in [0.25, 0.3) is 0 Å². The van der Waals surface area contributed by atoms with E-state index in [1.54, 1.807) is 11.3 Å². The first-order valence-electron chi connectivity index (χ1n) is 4.91. The van der Waals surface area contributed by atoms with E-state index in [0.717, 1.165) is 4.88 Å². The van der Waals surface area contributed by atoms with E-state index in [0.29, 0.717) is 6.42 Å². The van der Waals surface area contributed by atoms with Crippen LogP contribution in [0.2, 0.25) is 0 Å². The number of hydrogen-bond donors (Lipinski definition) is 2. The van der Waals surface area contributed by atoms with Gasteiger partial charge in [-0.05, 0) is 23.3 Å². The summed E-state index contributed by atoms with van der Waals surface area (Å²) in [7, 11) is 0. The third-order valence-electron chi connectivity index (χ3n) is 2.31. The zero-order chi connectivity index (χ0) is 11.5. The van der Waals surface area contributed by atoms with Gasteiger partial charge in [-0.1, -0.05) is 19.9 Å². The summed E-state index contributed by atoms with van der Waals surface area (Å²) < 4.78 is 0. The Morgan fingerprint density at radius 1 is 1.67 bits per heavy atom. The number of thiophene rings is 1. The molecule has 15 heavy (non-hydrogen) atoms. The van der Waals surface area contributed by atoms with Crippen molar-refractivity contribution in [2.24, 2.45) is 11.1 Å². The van der Waals surface area contributed by atoms with Crippen molar-refractivity contribution in [2.45, 2.75) is 32.7 Å². The van der Waals surface area contributed by atoms with Gasteiger partial charge in [0, 0.05) is 10.9 Å². The maximum atomic E-state index is 10.6. The number of carboxylic acid groups (broad SMARTS) is 1. The average Bonchev–Trinajstić information content (AvgIpc) is 2.50. The van der Waals surface area contributed by atoms with Crippen molar-refractivity contribution in [1.29, 1.82) is 0 Å². The van der Waals surface area contributed by atoms with Crippen LogP contribution in [-0.2, 0) is 4.79 Å². The lowest BCUT2D eigenvalue weighted by molar-refractivity contribution is -0.139. The Labute approximate surface area is 93.9 Å². The number of rotatable bonds is 5.